The SMILES string of the molecule is CCCc1c(O)ccc(C(=O)C(F)(F)F)c1O.CCCc1c(O)ccc2c(C(F)(F)F)noc12.ONCl.[2HH]. The molecule has 8 nitrogen and oxygen atoms in total. The molecule has 0 saturated heterocycles. The van der Waals surface area contributed by atoms with Gasteiger partial charge in [-0.05, 0) is 37.1 Å². The minimum Gasteiger partial charge on any atom is -0.508 e. The molecule has 0 radical (unpaired) electrons. The summed E-state index contributed by atoms with van der Waals surface area (Å²) in [5.74, 6) is -3.30. The van der Waals surface area contributed by atoms with Gasteiger partial charge >= 0.3 is 12.4 Å². The highest BCUT2D eigenvalue weighted by Gasteiger charge is 2.41. The second-order valence-electron chi connectivity index (χ2n) is 7.34. The van der Waals surface area contributed by atoms with E-state index in [1.165, 1.54) is 17.1 Å². The lowest BCUT2D eigenvalue weighted by atomic mass is 10.0. The third kappa shape index (κ3) is 8.13. The van der Waals surface area contributed by atoms with Gasteiger partial charge in [-0.2, -0.15) is 26.3 Å². The van der Waals surface area contributed by atoms with E-state index in [0.29, 0.717) is 24.8 Å². The third-order valence-corrected chi connectivity index (χ3v) is 4.75. The third-order valence-electron chi connectivity index (χ3n) is 4.75. The molecule has 208 valence electrons. The molecule has 0 bridgehead atoms. The standard InChI is InChI=1S/C11H10F3NO2.C11H11F3O3.ClH2NO.H2/c1-2-3-6-8(16)5-4-7-9(6)17-15-10(7)11(12,13)14;1-2-3-6-8(15)5-4-7(9(6)16)10(17)11(12,13)14;1-2-3;/h4-5,16H,2-3H2,1H3;4-5,15-16H,2-3H2,1H3;2-3H;1H/i;;;1+1. The van der Waals surface area contributed by atoms with Gasteiger partial charge in [-0.1, -0.05) is 31.8 Å². The summed E-state index contributed by atoms with van der Waals surface area (Å²) in [6, 6.07) is 4.15. The van der Waals surface area contributed by atoms with Crippen molar-refractivity contribution in [2.45, 2.75) is 51.9 Å². The van der Waals surface area contributed by atoms with Crippen LogP contribution in [0.1, 0.15) is 55.3 Å². The number of aryl methyl sites for hydroxylation is 1. The molecule has 5 N–H and O–H groups in total. The van der Waals surface area contributed by atoms with Gasteiger partial charge in [0.15, 0.2) is 11.3 Å². The molecule has 2 aromatic carbocycles. The summed E-state index contributed by atoms with van der Waals surface area (Å²) < 4.78 is 79.1. The van der Waals surface area contributed by atoms with Crippen LogP contribution in [0.3, 0.4) is 0 Å². The number of phenols is 3. The second-order valence-corrected chi connectivity index (χ2v) is 7.51. The molecule has 0 spiro atoms. The summed E-state index contributed by atoms with van der Waals surface area (Å²) in [6.45, 7) is 3.59. The number of ketones is 1. The van der Waals surface area contributed by atoms with Crippen molar-refractivity contribution >= 4 is 28.5 Å². The number of nitrogens with zero attached hydrogens (tertiary/aromatic N) is 1. The zero-order chi connectivity index (χ0) is 28.6. The first kappa shape index (κ1) is 31.8. The molecule has 3 aromatic rings. The van der Waals surface area contributed by atoms with Gasteiger partial charge in [0.2, 0.25) is 0 Å². The smallest absolute Gasteiger partial charge is 0.455 e. The Hall–Kier alpha value is -3.23. The van der Waals surface area contributed by atoms with Gasteiger partial charge in [-0.25, -0.2) is 0 Å². The van der Waals surface area contributed by atoms with Gasteiger partial charge < -0.3 is 25.0 Å². The molecule has 0 aliphatic rings. The zero-order valence-electron chi connectivity index (χ0n) is 19.3. The molecule has 0 atom stereocenters. The highest BCUT2D eigenvalue weighted by molar-refractivity contribution is 6.12. The second kappa shape index (κ2) is 13.4. The maximum Gasteiger partial charge on any atom is 0.455 e. The maximum absolute atomic E-state index is 12.6. The molecule has 1 heterocycles. The van der Waals surface area contributed by atoms with Crippen molar-refractivity contribution in [3.05, 3.63) is 46.6 Å². The molecular formula is C22H25ClF6N2O6. The Morgan fingerprint density at radius 2 is 1.46 bits per heavy atom. The van der Waals surface area contributed by atoms with Crippen LogP contribution in [-0.2, 0) is 19.0 Å². The maximum atomic E-state index is 12.6. The number of fused-ring (bicyclic) bond motifs is 1. The van der Waals surface area contributed by atoms with Gasteiger partial charge in [0, 0.05) is 24.3 Å². The number of hydrogen-bond acceptors (Lipinski definition) is 8. The topological polar surface area (TPSA) is 136 Å². The summed E-state index contributed by atoms with van der Waals surface area (Å²) in [5.41, 5.74) is -1.54. The summed E-state index contributed by atoms with van der Waals surface area (Å²) in [7, 11) is 0. The van der Waals surface area contributed by atoms with Gasteiger partial charge in [-0.15, -0.1) is 5.00 Å². The van der Waals surface area contributed by atoms with Crippen molar-refractivity contribution in [2.75, 3.05) is 0 Å². The van der Waals surface area contributed by atoms with E-state index < -0.39 is 35.1 Å². The fourth-order valence-corrected chi connectivity index (χ4v) is 3.20. The van der Waals surface area contributed by atoms with Crippen LogP contribution in [0.5, 0.6) is 17.2 Å². The molecular weight excluding hydrogens is 538 g/mol. The van der Waals surface area contributed by atoms with E-state index >= 15 is 0 Å². The molecule has 3 rings (SSSR count). The predicted molar refractivity (Wildman–Crippen MR) is 122 cm³/mol. The summed E-state index contributed by atoms with van der Waals surface area (Å²) in [6.07, 6.45) is -7.75. The van der Waals surface area contributed by atoms with Crippen LogP contribution >= 0.6 is 11.8 Å². The quantitative estimate of drug-likeness (QED) is 0.101. The number of phenolic OH excluding ortho intramolecular Hbond substituents is 3. The van der Waals surface area contributed by atoms with Crippen molar-refractivity contribution in [3.8, 4) is 17.2 Å². The summed E-state index contributed by atoms with van der Waals surface area (Å²) >= 11 is 4.30. The Bertz CT molecular complexity index is 1200. The molecule has 0 aliphatic heterocycles. The molecule has 0 amide bonds. The average molecular weight is 564 g/mol. The van der Waals surface area contributed by atoms with E-state index in [2.05, 4.69) is 16.9 Å². The first-order chi connectivity index (χ1) is 17.1. The van der Waals surface area contributed by atoms with Crippen molar-refractivity contribution in [1.29, 1.82) is 0 Å². The van der Waals surface area contributed by atoms with Gasteiger partial charge in [0.05, 0.1) is 10.9 Å². The van der Waals surface area contributed by atoms with Crippen molar-refractivity contribution in [1.82, 2.24) is 10.2 Å². The number of aromatic nitrogens is 1. The monoisotopic (exact) mass is 563 g/mol. The molecule has 0 saturated carbocycles. The number of aromatic hydroxyl groups is 3. The molecule has 0 unspecified atom stereocenters. The van der Waals surface area contributed by atoms with E-state index in [1.807, 2.05) is 6.92 Å². The lowest BCUT2D eigenvalue weighted by Crippen LogP contribution is -2.23. The molecule has 1 aromatic heterocycles. The summed E-state index contributed by atoms with van der Waals surface area (Å²) in [4.78, 5) is 12.2. The van der Waals surface area contributed by atoms with Crippen LogP contribution in [-0.4, -0.2) is 37.6 Å². The number of benzene rings is 2. The molecule has 0 fully saturated rings. The lowest BCUT2D eigenvalue weighted by Gasteiger charge is -2.11. The van der Waals surface area contributed by atoms with E-state index in [9.17, 15) is 46.5 Å². The van der Waals surface area contributed by atoms with Crippen molar-refractivity contribution < 1.29 is 57.6 Å². The van der Waals surface area contributed by atoms with Crippen LogP contribution in [0.2, 0.25) is 0 Å². The van der Waals surface area contributed by atoms with E-state index in [1.54, 1.807) is 6.92 Å². The number of carbonyl (C=O) groups excluding carboxylic acids is 1. The minimum absolute atomic E-state index is 0. The Kier molecular flexibility index (Phi) is 11.5. The van der Waals surface area contributed by atoms with Crippen LogP contribution in [0, 0.1) is 0 Å². The lowest BCUT2D eigenvalue weighted by molar-refractivity contribution is -0.141. The Morgan fingerprint density at radius 1 is 0.973 bits per heavy atom. The Balaban J connectivity index is 0.000000638. The fourth-order valence-electron chi connectivity index (χ4n) is 3.20. The highest BCUT2D eigenvalue weighted by atomic mass is 35.5. The first-order valence-electron chi connectivity index (χ1n) is 10.5. The predicted octanol–water partition coefficient (Wildman–Crippen LogP) is 6.67. The number of alkyl halides is 6. The fraction of sp³-hybridized carbons (Fsp3) is 0.364. The number of rotatable bonds is 5. The van der Waals surface area contributed by atoms with Crippen LogP contribution in [0.15, 0.2) is 28.8 Å². The highest BCUT2D eigenvalue weighted by Crippen LogP contribution is 2.38. The van der Waals surface area contributed by atoms with Gasteiger partial charge in [0.25, 0.3) is 5.78 Å². The Morgan fingerprint density at radius 3 is 1.95 bits per heavy atom. The van der Waals surface area contributed by atoms with E-state index in [-0.39, 0.29) is 35.9 Å². The first-order valence-corrected chi connectivity index (χ1v) is 10.9. The van der Waals surface area contributed by atoms with Crippen LogP contribution in [0.25, 0.3) is 11.0 Å². The molecule has 37 heavy (non-hydrogen) atoms. The van der Waals surface area contributed by atoms with E-state index in [0.717, 1.165) is 12.1 Å². The zero-order valence-corrected chi connectivity index (χ0v) is 20.1. The summed E-state index contributed by atoms with van der Waals surface area (Å²) in [5, 5.41) is 38.5. The van der Waals surface area contributed by atoms with Gasteiger partial charge in [0.1, 0.15) is 17.2 Å². The number of Topliss-reactive ketones (excluding diaryl/α,β-unsaturated/α-hetero) is 1. The molecule has 0 aliphatic carbocycles. The number of hydrogen-bond donors (Lipinski definition) is 5. The number of carbonyl (C=O) groups is 1. The number of halogens is 7. The number of nitrogens with one attached hydrogen (secondary N) is 1. The largest absolute Gasteiger partial charge is 0.508 e. The van der Waals surface area contributed by atoms with Crippen molar-refractivity contribution in [3.63, 3.8) is 0 Å². The minimum atomic E-state index is -5.04. The van der Waals surface area contributed by atoms with E-state index in [4.69, 9.17) is 9.73 Å². The molecule has 15 heteroatoms. The van der Waals surface area contributed by atoms with Crippen LogP contribution in [0.4, 0.5) is 26.3 Å². The average Bonchev–Trinajstić information content (AvgIpc) is 3.24. The Labute approximate surface area is 212 Å². The van der Waals surface area contributed by atoms with Gasteiger partial charge in [-0.3, -0.25) is 4.79 Å². The van der Waals surface area contributed by atoms with Crippen LogP contribution < -0.4 is 5.00 Å². The normalized spacial score (nSPS) is 11.4. The van der Waals surface area contributed by atoms with Crippen molar-refractivity contribution in [2.24, 2.45) is 0 Å².